The van der Waals surface area contributed by atoms with Crippen molar-refractivity contribution < 1.29 is 13.9 Å². The van der Waals surface area contributed by atoms with Crippen molar-refractivity contribution in [2.24, 2.45) is 0 Å². The lowest BCUT2D eigenvalue weighted by Crippen LogP contribution is -2.17. The maximum atomic E-state index is 13.8. The summed E-state index contributed by atoms with van der Waals surface area (Å²) in [5, 5.41) is 7.28. The fourth-order valence-corrected chi connectivity index (χ4v) is 3.18. The molecule has 0 amide bonds. The zero-order valence-electron chi connectivity index (χ0n) is 15.5. The fourth-order valence-electron chi connectivity index (χ4n) is 2.68. The van der Waals surface area contributed by atoms with Gasteiger partial charge in [-0.25, -0.2) is 9.07 Å². The van der Waals surface area contributed by atoms with E-state index in [1.54, 1.807) is 28.9 Å². The number of benzene rings is 2. The molecule has 3 aromatic rings. The number of hydrogen-bond acceptors (Lipinski definition) is 5. The van der Waals surface area contributed by atoms with Crippen molar-refractivity contribution in [1.29, 1.82) is 0 Å². The molecule has 0 aliphatic heterocycles. The van der Waals surface area contributed by atoms with Crippen LogP contribution < -0.4 is 14.9 Å². The molecule has 0 bridgehead atoms. The van der Waals surface area contributed by atoms with Gasteiger partial charge in [-0.05, 0) is 36.0 Å². The topological polar surface area (TPSA) is 64.1 Å². The molecule has 0 aliphatic rings. The predicted molar refractivity (Wildman–Crippen MR) is 109 cm³/mol. The van der Waals surface area contributed by atoms with E-state index in [2.05, 4.69) is 15.6 Å². The van der Waals surface area contributed by atoms with Crippen LogP contribution in [0.15, 0.2) is 36.4 Å². The minimum absolute atomic E-state index is 0.0460. The number of ether oxygens (including phenoxy) is 2. The van der Waals surface area contributed by atoms with Gasteiger partial charge in [0.1, 0.15) is 12.4 Å². The van der Waals surface area contributed by atoms with Crippen LogP contribution >= 0.6 is 23.8 Å². The molecule has 0 saturated heterocycles. The quantitative estimate of drug-likeness (QED) is 0.518. The number of aryl methyl sites for hydroxylation is 1. The van der Waals surface area contributed by atoms with E-state index in [0.717, 1.165) is 17.8 Å². The molecular formula is C19H20ClFN4O2S. The highest BCUT2D eigenvalue weighted by Gasteiger charge is 2.14. The number of hydrogen-bond donors (Lipinski definition) is 2. The smallest absolute Gasteiger partial charge is 0.214 e. The van der Waals surface area contributed by atoms with Gasteiger partial charge in [0.25, 0.3) is 0 Å². The molecule has 0 saturated carbocycles. The number of aromatic amines is 1. The summed E-state index contributed by atoms with van der Waals surface area (Å²) in [6.07, 6.45) is 0.729. The van der Waals surface area contributed by atoms with Gasteiger partial charge >= 0.3 is 0 Å². The molecule has 0 unspecified atom stereocenters. The van der Waals surface area contributed by atoms with Crippen molar-refractivity contribution >= 4 is 23.8 Å². The van der Waals surface area contributed by atoms with Gasteiger partial charge in [0.15, 0.2) is 17.3 Å². The molecular weight excluding hydrogens is 403 g/mol. The van der Waals surface area contributed by atoms with E-state index >= 15 is 0 Å². The third-order valence-electron chi connectivity index (χ3n) is 4.12. The number of nitrogens with one attached hydrogen (secondary N) is 2. The van der Waals surface area contributed by atoms with Crippen LogP contribution in [0.2, 0.25) is 5.02 Å². The zero-order chi connectivity index (χ0) is 20.1. The maximum Gasteiger partial charge on any atom is 0.214 e. The van der Waals surface area contributed by atoms with Crippen LogP contribution in [0.4, 0.5) is 4.39 Å². The van der Waals surface area contributed by atoms with Crippen LogP contribution in [0.1, 0.15) is 23.9 Å². The molecule has 28 heavy (non-hydrogen) atoms. The van der Waals surface area contributed by atoms with E-state index in [9.17, 15) is 4.39 Å². The largest absolute Gasteiger partial charge is 0.493 e. The monoisotopic (exact) mass is 422 g/mol. The van der Waals surface area contributed by atoms with Crippen molar-refractivity contribution in [2.75, 3.05) is 12.5 Å². The molecule has 3 rings (SSSR count). The molecule has 2 aromatic carbocycles. The third-order valence-corrected chi connectivity index (χ3v) is 4.67. The molecule has 2 N–H and O–H groups in total. The van der Waals surface area contributed by atoms with Gasteiger partial charge in [-0.2, -0.15) is 5.10 Å². The summed E-state index contributed by atoms with van der Waals surface area (Å²) in [6, 6.07) is 10.0. The Morgan fingerprint density at radius 3 is 2.82 bits per heavy atom. The Kier molecular flexibility index (Phi) is 6.53. The van der Waals surface area contributed by atoms with Gasteiger partial charge in [0.05, 0.1) is 18.7 Å². The zero-order valence-corrected chi connectivity index (χ0v) is 17.0. The average molecular weight is 423 g/mol. The van der Waals surface area contributed by atoms with Crippen molar-refractivity contribution in [3.05, 3.63) is 69.0 Å². The maximum absolute atomic E-state index is 13.8. The molecule has 9 heteroatoms. The lowest BCUT2D eigenvalue weighted by atomic mass is 10.2. The van der Waals surface area contributed by atoms with Crippen LogP contribution in [0.25, 0.3) is 0 Å². The van der Waals surface area contributed by atoms with Crippen LogP contribution in [0.3, 0.4) is 0 Å². The summed E-state index contributed by atoms with van der Waals surface area (Å²) in [6.45, 7) is 2.49. The Bertz CT molecular complexity index is 1020. The molecule has 6 nitrogen and oxygen atoms in total. The first kappa shape index (κ1) is 20.2. The summed E-state index contributed by atoms with van der Waals surface area (Å²) in [5.74, 6) is 1.30. The van der Waals surface area contributed by atoms with Gasteiger partial charge < -0.3 is 14.9 Å². The van der Waals surface area contributed by atoms with Crippen LogP contribution in [-0.2, 0) is 19.6 Å². The van der Waals surface area contributed by atoms with Crippen LogP contribution in [0.5, 0.6) is 11.5 Å². The van der Waals surface area contributed by atoms with Gasteiger partial charge in [-0.1, -0.05) is 36.7 Å². The van der Waals surface area contributed by atoms with Crippen LogP contribution in [-0.4, -0.2) is 22.0 Å². The highest BCUT2D eigenvalue weighted by atomic mass is 35.5. The van der Waals surface area contributed by atoms with Gasteiger partial charge in [-0.15, -0.1) is 0 Å². The molecule has 0 aliphatic carbocycles. The summed E-state index contributed by atoms with van der Waals surface area (Å²) in [5.41, 5.74) is 4.51. The molecule has 0 spiro atoms. The minimum Gasteiger partial charge on any atom is -0.493 e. The third kappa shape index (κ3) is 4.45. The van der Waals surface area contributed by atoms with E-state index in [4.69, 9.17) is 33.3 Å². The highest BCUT2D eigenvalue weighted by Crippen LogP contribution is 2.37. The molecule has 148 valence electrons. The van der Waals surface area contributed by atoms with Gasteiger partial charge in [0, 0.05) is 12.0 Å². The SMILES string of the molecule is CCc1n[nH]c(=S)n1NCc1cc(Cl)c(OCc2ccccc2F)c(OC)c1. The second-order valence-electron chi connectivity index (χ2n) is 5.96. The lowest BCUT2D eigenvalue weighted by molar-refractivity contribution is 0.280. The molecule has 1 aromatic heterocycles. The number of H-pyrrole nitrogens is 1. The van der Waals surface area contributed by atoms with E-state index < -0.39 is 0 Å². The summed E-state index contributed by atoms with van der Waals surface area (Å²) in [7, 11) is 1.53. The van der Waals surface area contributed by atoms with Gasteiger partial charge in [0.2, 0.25) is 4.77 Å². The van der Waals surface area contributed by atoms with Crippen molar-refractivity contribution in [3.8, 4) is 11.5 Å². The average Bonchev–Trinajstić information content (AvgIpc) is 3.05. The first-order chi connectivity index (χ1) is 13.5. The van der Waals surface area contributed by atoms with Crippen molar-refractivity contribution in [2.45, 2.75) is 26.5 Å². The van der Waals surface area contributed by atoms with Crippen molar-refractivity contribution in [3.63, 3.8) is 0 Å². The Morgan fingerprint density at radius 2 is 2.11 bits per heavy atom. The van der Waals surface area contributed by atoms with Crippen LogP contribution in [0, 0.1) is 10.6 Å². The standard InChI is InChI=1S/C19H20ClFN4O2S/c1-3-17-23-24-19(28)25(17)22-10-12-8-14(20)18(16(9-12)26-2)27-11-13-6-4-5-7-15(13)21/h4-9,22H,3,10-11H2,1-2H3,(H,24,28). The Hall–Kier alpha value is -2.58. The molecule has 1 heterocycles. The first-order valence-electron chi connectivity index (χ1n) is 8.66. The fraction of sp³-hybridized carbons (Fsp3) is 0.263. The summed E-state index contributed by atoms with van der Waals surface area (Å²) in [4.78, 5) is 0. The molecule has 0 radical (unpaired) electrons. The Morgan fingerprint density at radius 1 is 1.32 bits per heavy atom. The normalized spacial score (nSPS) is 10.7. The number of halogens is 2. The Labute approximate surface area is 172 Å². The number of nitrogens with zero attached hydrogens (tertiary/aromatic N) is 2. The summed E-state index contributed by atoms with van der Waals surface area (Å²) < 4.78 is 27.2. The second-order valence-corrected chi connectivity index (χ2v) is 6.75. The van der Waals surface area contributed by atoms with E-state index in [0.29, 0.717) is 33.4 Å². The molecule has 0 fully saturated rings. The first-order valence-corrected chi connectivity index (χ1v) is 9.44. The second kappa shape index (κ2) is 9.07. The predicted octanol–water partition coefficient (Wildman–Crippen LogP) is 4.63. The van der Waals surface area contributed by atoms with Gasteiger partial charge in [-0.3, -0.25) is 5.10 Å². The number of rotatable bonds is 8. The number of methoxy groups -OCH3 is 1. The van der Waals surface area contributed by atoms with Crippen molar-refractivity contribution in [1.82, 2.24) is 14.9 Å². The van der Waals surface area contributed by atoms with E-state index in [1.807, 2.05) is 13.0 Å². The van der Waals surface area contributed by atoms with E-state index in [-0.39, 0.29) is 12.4 Å². The minimum atomic E-state index is -0.331. The Balaban J connectivity index is 1.76. The van der Waals surface area contributed by atoms with E-state index in [1.165, 1.54) is 13.2 Å². The lowest BCUT2D eigenvalue weighted by Gasteiger charge is -2.15. The number of aromatic nitrogens is 3. The molecule has 0 atom stereocenters. The summed E-state index contributed by atoms with van der Waals surface area (Å²) >= 11 is 11.6. The highest BCUT2D eigenvalue weighted by molar-refractivity contribution is 7.71.